The highest BCUT2D eigenvalue weighted by atomic mass is 32.2. The normalized spacial score (nSPS) is 20.5. The lowest BCUT2D eigenvalue weighted by molar-refractivity contribution is 0.447. The largest absolute Gasteiger partial charge is 0.265 e. The lowest BCUT2D eigenvalue weighted by Gasteiger charge is -2.13. The van der Waals surface area contributed by atoms with E-state index in [4.69, 9.17) is 0 Å². The van der Waals surface area contributed by atoms with Crippen LogP contribution >= 0.6 is 0 Å². The molecule has 1 fully saturated rings. The highest BCUT2D eigenvalue weighted by molar-refractivity contribution is 7.89. The molecule has 0 radical (unpaired) electrons. The molecular weight excluding hydrogens is 212 g/mol. The summed E-state index contributed by atoms with van der Waals surface area (Å²) < 4.78 is 24.6. The van der Waals surface area contributed by atoms with Gasteiger partial charge in [0.25, 0.3) is 0 Å². The molecule has 15 heavy (non-hydrogen) atoms. The molecule has 82 valence electrons. The average molecular weight is 226 g/mol. The molecule has 5 heteroatoms. The smallest absolute Gasteiger partial charge is 0.214 e. The second-order valence-corrected chi connectivity index (χ2v) is 5.76. The number of sulfonamides is 1. The van der Waals surface area contributed by atoms with Gasteiger partial charge in [-0.3, -0.25) is 4.98 Å². The zero-order chi connectivity index (χ0) is 10.7. The summed E-state index contributed by atoms with van der Waals surface area (Å²) in [4.78, 5) is 3.92. The van der Waals surface area contributed by atoms with Gasteiger partial charge in [0.1, 0.15) is 0 Å². The molecule has 0 amide bonds. The van der Waals surface area contributed by atoms with E-state index in [1.54, 1.807) is 16.7 Å². The van der Waals surface area contributed by atoms with Crippen LogP contribution in [0.5, 0.6) is 0 Å². The Bertz CT molecular complexity index is 416. The second-order valence-electron chi connectivity index (χ2n) is 3.67. The number of aromatic nitrogens is 1. The van der Waals surface area contributed by atoms with Crippen LogP contribution in [0.3, 0.4) is 0 Å². The lowest BCUT2D eigenvalue weighted by Crippen LogP contribution is -2.27. The summed E-state index contributed by atoms with van der Waals surface area (Å²) in [6, 6.07) is 3.84. The number of pyridine rings is 1. The summed E-state index contributed by atoms with van der Waals surface area (Å²) in [6.07, 6.45) is 4.99. The van der Waals surface area contributed by atoms with Gasteiger partial charge in [-0.05, 0) is 30.5 Å². The zero-order valence-corrected chi connectivity index (χ0v) is 9.28. The first-order chi connectivity index (χ1) is 7.18. The minimum atomic E-state index is -2.94. The number of nitrogens with zero attached hydrogens (tertiary/aromatic N) is 2. The Kier molecular flexibility index (Phi) is 3.02. The molecular formula is C10H14N2O2S. The van der Waals surface area contributed by atoms with Crippen molar-refractivity contribution >= 4 is 10.0 Å². The van der Waals surface area contributed by atoms with E-state index in [1.165, 1.54) is 0 Å². The quantitative estimate of drug-likeness (QED) is 0.760. The maximum Gasteiger partial charge on any atom is 0.214 e. The Morgan fingerprint density at radius 3 is 2.67 bits per heavy atom. The first-order valence-electron chi connectivity index (χ1n) is 5.05. The first kappa shape index (κ1) is 10.6. The van der Waals surface area contributed by atoms with Crippen molar-refractivity contribution in [1.82, 2.24) is 9.29 Å². The van der Waals surface area contributed by atoms with Crippen molar-refractivity contribution < 1.29 is 8.42 Å². The van der Waals surface area contributed by atoms with Crippen molar-refractivity contribution in [3.8, 4) is 0 Å². The Hall–Kier alpha value is -0.940. The number of rotatable bonds is 3. The molecule has 0 N–H and O–H groups in total. The minimum Gasteiger partial charge on any atom is -0.265 e. The van der Waals surface area contributed by atoms with Gasteiger partial charge < -0.3 is 0 Å². The van der Waals surface area contributed by atoms with Gasteiger partial charge >= 0.3 is 0 Å². The SMILES string of the molecule is O=S1(=O)CCCN1CCc1ccncc1. The molecule has 0 aromatic carbocycles. The van der Waals surface area contributed by atoms with Gasteiger partial charge in [0.05, 0.1) is 5.75 Å². The van der Waals surface area contributed by atoms with E-state index in [1.807, 2.05) is 12.1 Å². The summed E-state index contributed by atoms with van der Waals surface area (Å²) in [6.45, 7) is 1.26. The maximum absolute atomic E-state index is 11.5. The predicted octanol–water partition coefficient (Wildman–Crippen LogP) is 0.660. The van der Waals surface area contributed by atoms with E-state index in [0.717, 1.165) is 18.4 Å². The molecule has 0 spiro atoms. The average Bonchev–Trinajstić information content (AvgIpc) is 2.56. The van der Waals surface area contributed by atoms with Crippen LogP contribution in [0.1, 0.15) is 12.0 Å². The van der Waals surface area contributed by atoms with Gasteiger partial charge in [-0.15, -0.1) is 0 Å². The highest BCUT2D eigenvalue weighted by Gasteiger charge is 2.27. The molecule has 1 aliphatic heterocycles. The third-order valence-electron chi connectivity index (χ3n) is 2.60. The lowest BCUT2D eigenvalue weighted by atomic mass is 10.2. The number of hydrogen-bond acceptors (Lipinski definition) is 3. The fourth-order valence-electron chi connectivity index (χ4n) is 1.75. The van der Waals surface area contributed by atoms with Gasteiger partial charge in [-0.1, -0.05) is 0 Å². The molecule has 1 aliphatic rings. The van der Waals surface area contributed by atoms with E-state index in [9.17, 15) is 8.42 Å². The Morgan fingerprint density at radius 2 is 2.07 bits per heavy atom. The molecule has 4 nitrogen and oxygen atoms in total. The molecule has 0 saturated carbocycles. The minimum absolute atomic E-state index is 0.309. The van der Waals surface area contributed by atoms with Gasteiger partial charge in [-0.2, -0.15) is 0 Å². The molecule has 1 saturated heterocycles. The van der Waals surface area contributed by atoms with Crippen molar-refractivity contribution in [1.29, 1.82) is 0 Å². The van der Waals surface area contributed by atoms with Gasteiger partial charge in [0.2, 0.25) is 10.0 Å². The van der Waals surface area contributed by atoms with Crippen molar-refractivity contribution in [3.05, 3.63) is 30.1 Å². The van der Waals surface area contributed by atoms with Crippen molar-refractivity contribution in [3.63, 3.8) is 0 Å². The Balaban J connectivity index is 1.94. The Labute approximate surface area is 90.0 Å². The van der Waals surface area contributed by atoms with Crippen LogP contribution in [-0.4, -0.2) is 36.5 Å². The van der Waals surface area contributed by atoms with Gasteiger partial charge in [0, 0.05) is 25.5 Å². The topological polar surface area (TPSA) is 50.3 Å². The molecule has 1 aromatic rings. The molecule has 2 heterocycles. The second kappa shape index (κ2) is 4.28. The van der Waals surface area contributed by atoms with E-state index in [0.29, 0.717) is 18.8 Å². The molecule has 1 aromatic heterocycles. The fraction of sp³-hybridized carbons (Fsp3) is 0.500. The van der Waals surface area contributed by atoms with Crippen LogP contribution in [0.2, 0.25) is 0 Å². The van der Waals surface area contributed by atoms with Gasteiger partial charge in [0.15, 0.2) is 0 Å². The summed E-state index contributed by atoms with van der Waals surface area (Å²) in [5, 5.41) is 0. The molecule has 0 aliphatic carbocycles. The summed E-state index contributed by atoms with van der Waals surface area (Å²) in [5.74, 6) is 0.309. The van der Waals surface area contributed by atoms with Crippen LogP contribution in [-0.2, 0) is 16.4 Å². The third-order valence-corrected chi connectivity index (χ3v) is 4.56. The molecule has 0 atom stereocenters. The van der Waals surface area contributed by atoms with Crippen molar-refractivity contribution in [2.45, 2.75) is 12.8 Å². The monoisotopic (exact) mass is 226 g/mol. The summed E-state index contributed by atoms with van der Waals surface area (Å²) >= 11 is 0. The third kappa shape index (κ3) is 2.54. The van der Waals surface area contributed by atoms with Crippen LogP contribution in [0.4, 0.5) is 0 Å². The molecule has 0 bridgehead atoms. The van der Waals surface area contributed by atoms with Crippen molar-refractivity contribution in [2.24, 2.45) is 0 Å². The van der Waals surface area contributed by atoms with E-state index < -0.39 is 10.0 Å². The van der Waals surface area contributed by atoms with E-state index in [-0.39, 0.29) is 0 Å². The highest BCUT2D eigenvalue weighted by Crippen LogP contribution is 2.13. The predicted molar refractivity (Wildman–Crippen MR) is 57.9 cm³/mol. The van der Waals surface area contributed by atoms with E-state index >= 15 is 0 Å². The van der Waals surface area contributed by atoms with Crippen LogP contribution in [0.25, 0.3) is 0 Å². The fourth-order valence-corrected chi connectivity index (χ4v) is 3.27. The van der Waals surface area contributed by atoms with Crippen LogP contribution in [0, 0.1) is 0 Å². The van der Waals surface area contributed by atoms with Crippen molar-refractivity contribution in [2.75, 3.05) is 18.8 Å². The Morgan fingerprint density at radius 1 is 1.33 bits per heavy atom. The zero-order valence-electron chi connectivity index (χ0n) is 8.46. The van der Waals surface area contributed by atoms with Crippen LogP contribution in [0.15, 0.2) is 24.5 Å². The number of hydrogen-bond donors (Lipinski definition) is 0. The van der Waals surface area contributed by atoms with E-state index in [2.05, 4.69) is 4.98 Å². The molecule has 0 unspecified atom stereocenters. The summed E-state index contributed by atoms with van der Waals surface area (Å²) in [5.41, 5.74) is 1.13. The van der Waals surface area contributed by atoms with Crippen LogP contribution < -0.4 is 0 Å². The van der Waals surface area contributed by atoms with Gasteiger partial charge in [-0.25, -0.2) is 12.7 Å². The molecule has 2 rings (SSSR count). The maximum atomic E-state index is 11.5. The standard InChI is InChI=1S/C10H14N2O2S/c13-15(14)9-1-7-12(15)8-4-10-2-5-11-6-3-10/h2-3,5-6H,1,4,7-9H2. The summed E-state index contributed by atoms with van der Waals surface area (Å²) in [7, 11) is -2.94. The first-order valence-corrected chi connectivity index (χ1v) is 6.66.